The fourth-order valence-electron chi connectivity index (χ4n) is 1.24. The Balaban J connectivity index is 3.15. The summed E-state index contributed by atoms with van der Waals surface area (Å²) in [5, 5.41) is 9.58. The molecule has 1 aromatic rings. The van der Waals surface area contributed by atoms with E-state index in [1.807, 2.05) is 13.8 Å². The third-order valence-corrected chi connectivity index (χ3v) is 2.25. The fraction of sp³-hybridized carbons (Fsp3) is 0.400. The number of nitrogen functional groups attached to an aromatic ring is 1. The number of hydrogen-bond donors (Lipinski definition) is 3. The molecule has 3 heteroatoms. The van der Waals surface area contributed by atoms with E-state index < -0.39 is 0 Å². The average molecular weight is 180 g/mol. The zero-order valence-corrected chi connectivity index (χ0v) is 8.04. The van der Waals surface area contributed by atoms with Crippen LogP contribution in [0.2, 0.25) is 0 Å². The smallest absolute Gasteiger partial charge is 0.120 e. The standard InChI is InChI=1S/C10H16N2O/c1-3-8(11)7-5-9(12)6(2)4-10(7)13/h4-5,8,13H,3,11-12H2,1-2H3/t8-/m1/s1. The van der Waals surface area contributed by atoms with Crippen molar-refractivity contribution in [2.24, 2.45) is 5.73 Å². The quantitative estimate of drug-likeness (QED) is 0.479. The second-order valence-electron chi connectivity index (χ2n) is 3.28. The molecular formula is C10H16N2O. The summed E-state index contributed by atoms with van der Waals surface area (Å²) in [5.74, 6) is 0.237. The van der Waals surface area contributed by atoms with Gasteiger partial charge in [0.2, 0.25) is 0 Å². The van der Waals surface area contributed by atoms with Gasteiger partial charge in [-0.05, 0) is 31.0 Å². The summed E-state index contributed by atoms with van der Waals surface area (Å²) >= 11 is 0. The molecule has 0 bridgehead atoms. The molecule has 0 aliphatic carbocycles. The van der Waals surface area contributed by atoms with Gasteiger partial charge in [0, 0.05) is 17.3 Å². The first-order chi connectivity index (χ1) is 6.06. The topological polar surface area (TPSA) is 72.3 Å². The summed E-state index contributed by atoms with van der Waals surface area (Å²) in [5.41, 5.74) is 13.8. The van der Waals surface area contributed by atoms with Gasteiger partial charge in [-0.3, -0.25) is 0 Å². The molecule has 0 saturated heterocycles. The van der Waals surface area contributed by atoms with Crippen LogP contribution >= 0.6 is 0 Å². The van der Waals surface area contributed by atoms with Crippen molar-refractivity contribution in [3.63, 3.8) is 0 Å². The van der Waals surface area contributed by atoms with Crippen molar-refractivity contribution in [2.45, 2.75) is 26.3 Å². The zero-order chi connectivity index (χ0) is 10.0. The van der Waals surface area contributed by atoms with Crippen LogP contribution in [0, 0.1) is 6.92 Å². The third kappa shape index (κ3) is 1.92. The van der Waals surface area contributed by atoms with Gasteiger partial charge in [0.1, 0.15) is 5.75 Å². The minimum Gasteiger partial charge on any atom is -0.508 e. The van der Waals surface area contributed by atoms with E-state index in [9.17, 15) is 5.11 Å². The van der Waals surface area contributed by atoms with Crippen LogP contribution in [0.15, 0.2) is 12.1 Å². The molecule has 3 nitrogen and oxygen atoms in total. The van der Waals surface area contributed by atoms with Crippen molar-refractivity contribution in [3.05, 3.63) is 23.3 Å². The zero-order valence-electron chi connectivity index (χ0n) is 8.04. The second kappa shape index (κ2) is 3.66. The Hall–Kier alpha value is -1.22. The Morgan fingerprint density at radius 2 is 2.08 bits per heavy atom. The van der Waals surface area contributed by atoms with E-state index in [4.69, 9.17) is 11.5 Å². The van der Waals surface area contributed by atoms with Crippen LogP contribution in [-0.4, -0.2) is 5.11 Å². The first-order valence-corrected chi connectivity index (χ1v) is 4.40. The number of phenols is 1. The highest BCUT2D eigenvalue weighted by Gasteiger charge is 2.10. The first kappa shape index (κ1) is 9.86. The van der Waals surface area contributed by atoms with Crippen molar-refractivity contribution >= 4 is 5.69 Å². The highest BCUT2D eigenvalue weighted by molar-refractivity contribution is 5.54. The van der Waals surface area contributed by atoms with Crippen LogP contribution in [0.1, 0.15) is 30.5 Å². The molecule has 1 aromatic carbocycles. The van der Waals surface area contributed by atoms with E-state index in [-0.39, 0.29) is 11.8 Å². The van der Waals surface area contributed by atoms with Gasteiger partial charge in [-0.15, -0.1) is 0 Å². The highest BCUT2D eigenvalue weighted by atomic mass is 16.3. The number of aromatic hydroxyl groups is 1. The monoisotopic (exact) mass is 180 g/mol. The van der Waals surface area contributed by atoms with Gasteiger partial charge < -0.3 is 16.6 Å². The van der Waals surface area contributed by atoms with Gasteiger partial charge in [0.25, 0.3) is 0 Å². The number of aryl methyl sites for hydroxylation is 1. The molecule has 0 heterocycles. The number of nitrogens with two attached hydrogens (primary N) is 2. The van der Waals surface area contributed by atoms with Gasteiger partial charge in [-0.2, -0.15) is 0 Å². The summed E-state index contributed by atoms with van der Waals surface area (Å²) in [6.45, 7) is 3.83. The van der Waals surface area contributed by atoms with E-state index in [2.05, 4.69) is 0 Å². The molecule has 0 amide bonds. The van der Waals surface area contributed by atoms with Gasteiger partial charge in [0.05, 0.1) is 0 Å². The Bertz CT molecular complexity index is 310. The van der Waals surface area contributed by atoms with Crippen molar-refractivity contribution in [3.8, 4) is 5.75 Å². The van der Waals surface area contributed by atoms with Crippen LogP contribution in [0.3, 0.4) is 0 Å². The number of phenolic OH excluding ortho intramolecular Hbond substituents is 1. The number of benzene rings is 1. The predicted octanol–water partition coefficient (Wildman–Crippen LogP) is 1.69. The lowest BCUT2D eigenvalue weighted by molar-refractivity contribution is 0.460. The molecule has 0 unspecified atom stereocenters. The summed E-state index contributed by atoms with van der Waals surface area (Å²) in [4.78, 5) is 0. The third-order valence-electron chi connectivity index (χ3n) is 2.25. The summed E-state index contributed by atoms with van der Waals surface area (Å²) in [7, 11) is 0. The number of hydrogen-bond acceptors (Lipinski definition) is 3. The highest BCUT2D eigenvalue weighted by Crippen LogP contribution is 2.28. The van der Waals surface area contributed by atoms with Gasteiger partial charge in [-0.25, -0.2) is 0 Å². The van der Waals surface area contributed by atoms with E-state index >= 15 is 0 Å². The maximum absolute atomic E-state index is 9.58. The molecule has 13 heavy (non-hydrogen) atoms. The molecule has 0 aliphatic rings. The Labute approximate surface area is 78.4 Å². The molecule has 0 spiro atoms. The largest absolute Gasteiger partial charge is 0.508 e. The molecule has 1 atom stereocenters. The minimum absolute atomic E-state index is 0.136. The van der Waals surface area contributed by atoms with Crippen LogP contribution in [0.4, 0.5) is 5.69 Å². The van der Waals surface area contributed by atoms with Crippen LogP contribution < -0.4 is 11.5 Å². The van der Waals surface area contributed by atoms with Crippen molar-refractivity contribution in [1.29, 1.82) is 0 Å². The van der Waals surface area contributed by atoms with E-state index in [0.717, 1.165) is 17.5 Å². The van der Waals surface area contributed by atoms with Gasteiger partial charge in [-0.1, -0.05) is 6.92 Å². The van der Waals surface area contributed by atoms with E-state index in [1.165, 1.54) is 0 Å². The normalized spacial score (nSPS) is 12.8. The summed E-state index contributed by atoms with van der Waals surface area (Å²) < 4.78 is 0. The molecule has 0 radical (unpaired) electrons. The van der Waals surface area contributed by atoms with Crippen molar-refractivity contribution in [2.75, 3.05) is 5.73 Å². The van der Waals surface area contributed by atoms with Crippen LogP contribution in [0.5, 0.6) is 5.75 Å². The minimum atomic E-state index is -0.136. The Kier molecular flexibility index (Phi) is 2.78. The predicted molar refractivity (Wildman–Crippen MR) is 54.5 cm³/mol. The number of anilines is 1. The van der Waals surface area contributed by atoms with Gasteiger partial charge >= 0.3 is 0 Å². The molecule has 72 valence electrons. The average Bonchev–Trinajstić information content (AvgIpc) is 2.10. The van der Waals surface area contributed by atoms with Crippen molar-refractivity contribution in [1.82, 2.24) is 0 Å². The summed E-state index contributed by atoms with van der Waals surface area (Å²) in [6, 6.07) is 3.27. The maximum Gasteiger partial charge on any atom is 0.120 e. The maximum atomic E-state index is 9.58. The molecule has 1 rings (SSSR count). The lowest BCUT2D eigenvalue weighted by Crippen LogP contribution is -2.09. The molecule has 0 fully saturated rings. The lowest BCUT2D eigenvalue weighted by atomic mass is 10.0. The Morgan fingerprint density at radius 3 is 2.62 bits per heavy atom. The summed E-state index contributed by atoms with van der Waals surface area (Å²) in [6.07, 6.45) is 0.788. The molecule has 5 N–H and O–H groups in total. The molecule has 0 aliphatic heterocycles. The molecular weight excluding hydrogens is 164 g/mol. The fourth-order valence-corrected chi connectivity index (χ4v) is 1.24. The Morgan fingerprint density at radius 1 is 1.46 bits per heavy atom. The van der Waals surface area contributed by atoms with E-state index in [0.29, 0.717) is 5.69 Å². The number of rotatable bonds is 2. The lowest BCUT2D eigenvalue weighted by Gasteiger charge is -2.13. The second-order valence-corrected chi connectivity index (χ2v) is 3.28. The van der Waals surface area contributed by atoms with Crippen molar-refractivity contribution < 1.29 is 5.11 Å². The SMILES string of the molecule is CC[C@@H](N)c1cc(N)c(C)cc1O. The first-order valence-electron chi connectivity index (χ1n) is 4.40. The molecule has 0 aromatic heterocycles. The van der Waals surface area contributed by atoms with Crippen LogP contribution in [-0.2, 0) is 0 Å². The molecule has 0 saturated carbocycles. The van der Waals surface area contributed by atoms with E-state index in [1.54, 1.807) is 12.1 Å². The van der Waals surface area contributed by atoms with Crippen LogP contribution in [0.25, 0.3) is 0 Å². The van der Waals surface area contributed by atoms with Gasteiger partial charge in [0.15, 0.2) is 0 Å².